The number of aromatic hydroxyl groups is 1. The van der Waals surface area contributed by atoms with Crippen molar-refractivity contribution in [2.75, 3.05) is 13.6 Å². The van der Waals surface area contributed by atoms with Crippen molar-refractivity contribution in [3.8, 4) is 17.2 Å². The Morgan fingerprint density at radius 3 is 2.33 bits per heavy atom. The SMILES string of the molecule is CCCCCCCCCCCCCCCC(=O)Oc1cc(O)c2c3c1C[C@@H]1[C@@H]4C=C[C@H](O)[C@H](O2)[C@]34CCN1C. The van der Waals surface area contributed by atoms with E-state index in [1.807, 2.05) is 6.08 Å². The highest BCUT2D eigenvalue weighted by molar-refractivity contribution is 5.75. The van der Waals surface area contributed by atoms with Crippen LogP contribution in [0, 0.1) is 5.92 Å². The summed E-state index contributed by atoms with van der Waals surface area (Å²) in [6.45, 7) is 3.17. The lowest BCUT2D eigenvalue weighted by Crippen LogP contribution is -2.64. The van der Waals surface area contributed by atoms with Crippen molar-refractivity contribution >= 4 is 5.97 Å². The topological polar surface area (TPSA) is 79.2 Å². The molecule has 0 aromatic heterocycles. The predicted molar refractivity (Wildman–Crippen MR) is 154 cm³/mol. The molecule has 6 nitrogen and oxygen atoms in total. The molecule has 0 unspecified atom stereocenters. The quantitative estimate of drug-likeness (QED) is 0.113. The molecule has 0 saturated carbocycles. The summed E-state index contributed by atoms with van der Waals surface area (Å²) in [5.74, 6) is 0.921. The van der Waals surface area contributed by atoms with Gasteiger partial charge in [-0.1, -0.05) is 96.1 Å². The minimum Gasteiger partial charge on any atom is -0.504 e. The number of phenolic OH excluding ortho intramolecular Hbond substituents is 1. The van der Waals surface area contributed by atoms with Crippen molar-refractivity contribution in [3.05, 3.63) is 29.3 Å². The molecule has 1 fully saturated rings. The van der Waals surface area contributed by atoms with E-state index in [0.717, 1.165) is 43.4 Å². The maximum Gasteiger partial charge on any atom is 0.311 e. The molecule has 1 aromatic rings. The van der Waals surface area contributed by atoms with Crippen LogP contribution in [0.4, 0.5) is 0 Å². The molecule has 2 aliphatic heterocycles. The van der Waals surface area contributed by atoms with E-state index >= 15 is 0 Å². The van der Waals surface area contributed by atoms with Crippen LogP contribution in [-0.2, 0) is 16.6 Å². The molecule has 2 N–H and O–H groups in total. The second kappa shape index (κ2) is 12.6. The molecule has 0 radical (unpaired) electrons. The second-order valence-corrected chi connectivity index (χ2v) is 12.5. The molecule has 0 amide bonds. The van der Waals surface area contributed by atoms with Crippen LogP contribution in [0.5, 0.6) is 17.2 Å². The summed E-state index contributed by atoms with van der Waals surface area (Å²) in [6, 6.07) is 1.80. The summed E-state index contributed by atoms with van der Waals surface area (Å²) >= 11 is 0. The van der Waals surface area contributed by atoms with Crippen LogP contribution in [0.25, 0.3) is 0 Å². The number of carbonyl (C=O) groups is 1. The zero-order chi connectivity index (χ0) is 27.4. The first kappa shape index (κ1) is 28.5. The van der Waals surface area contributed by atoms with E-state index in [1.54, 1.807) is 6.07 Å². The van der Waals surface area contributed by atoms with E-state index in [2.05, 4.69) is 24.9 Å². The van der Waals surface area contributed by atoms with Crippen LogP contribution >= 0.6 is 0 Å². The number of carbonyl (C=O) groups excluding carboxylic acids is 1. The molecule has 2 aliphatic carbocycles. The number of likely N-dealkylation sites (tertiary alicyclic amines) is 1. The minimum atomic E-state index is -0.718. The number of likely N-dealkylation sites (N-methyl/N-ethyl adjacent to an activating group) is 1. The Hall–Kier alpha value is -2.05. The number of esters is 1. The van der Waals surface area contributed by atoms with Gasteiger partial charge >= 0.3 is 5.97 Å². The number of rotatable bonds is 15. The maximum atomic E-state index is 12.9. The number of unbranched alkanes of at least 4 members (excludes halogenated alkanes) is 12. The monoisotopic (exact) mass is 539 g/mol. The van der Waals surface area contributed by atoms with E-state index in [4.69, 9.17) is 9.47 Å². The van der Waals surface area contributed by atoms with Crippen molar-refractivity contribution < 1.29 is 24.5 Å². The Morgan fingerprint density at radius 1 is 1.03 bits per heavy atom. The fourth-order valence-corrected chi connectivity index (χ4v) is 7.84. The first-order valence-electron chi connectivity index (χ1n) is 15.8. The number of piperidine rings is 1. The Morgan fingerprint density at radius 2 is 1.67 bits per heavy atom. The fraction of sp³-hybridized carbons (Fsp3) is 0.727. The Bertz CT molecular complexity index is 1040. The van der Waals surface area contributed by atoms with Crippen LogP contribution in [0.2, 0.25) is 0 Å². The number of hydrogen-bond donors (Lipinski definition) is 2. The number of ether oxygens (including phenoxy) is 2. The zero-order valence-electron chi connectivity index (χ0n) is 24.1. The van der Waals surface area contributed by atoms with Gasteiger partial charge in [-0.3, -0.25) is 4.79 Å². The van der Waals surface area contributed by atoms with Gasteiger partial charge in [-0.25, -0.2) is 0 Å². The average molecular weight is 540 g/mol. The molecule has 6 heteroatoms. The van der Waals surface area contributed by atoms with Gasteiger partial charge < -0.3 is 24.6 Å². The highest BCUT2D eigenvalue weighted by Crippen LogP contribution is 2.63. The largest absolute Gasteiger partial charge is 0.504 e. The van der Waals surface area contributed by atoms with Gasteiger partial charge in [0.1, 0.15) is 18.0 Å². The van der Waals surface area contributed by atoms with Crippen molar-refractivity contribution in [3.63, 3.8) is 0 Å². The van der Waals surface area contributed by atoms with Gasteiger partial charge in [0.15, 0.2) is 11.5 Å². The van der Waals surface area contributed by atoms with Gasteiger partial charge in [0, 0.05) is 41.0 Å². The molecular weight excluding hydrogens is 490 g/mol. The predicted octanol–water partition coefficient (Wildman–Crippen LogP) is 6.58. The Labute approximate surface area is 234 Å². The molecule has 2 heterocycles. The molecule has 216 valence electrons. The molecule has 39 heavy (non-hydrogen) atoms. The van der Waals surface area contributed by atoms with Gasteiger partial charge in [0.2, 0.25) is 0 Å². The van der Waals surface area contributed by atoms with E-state index in [9.17, 15) is 15.0 Å². The summed E-state index contributed by atoms with van der Waals surface area (Å²) in [4.78, 5) is 15.2. The fourth-order valence-electron chi connectivity index (χ4n) is 7.84. The molecule has 1 aromatic carbocycles. The summed E-state index contributed by atoms with van der Waals surface area (Å²) < 4.78 is 12.2. The molecule has 1 spiro atoms. The van der Waals surface area contributed by atoms with Crippen molar-refractivity contribution in [1.82, 2.24) is 4.90 Å². The normalized spacial score (nSPS) is 28.3. The molecule has 2 bridgehead atoms. The Kier molecular flexibility index (Phi) is 9.23. The number of nitrogens with zero attached hydrogens (tertiary/aromatic N) is 1. The van der Waals surface area contributed by atoms with Crippen LogP contribution in [-0.4, -0.2) is 52.9 Å². The van der Waals surface area contributed by atoms with E-state index in [-0.39, 0.29) is 29.1 Å². The molecule has 5 atom stereocenters. The number of benzene rings is 1. The molecule has 1 saturated heterocycles. The van der Waals surface area contributed by atoms with Gasteiger partial charge in [-0.15, -0.1) is 0 Å². The first-order valence-corrected chi connectivity index (χ1v) is 15.8. The number of phenols is 1. The van der Waals surface area contributed by atoms with Gasteiger partial charge in [-0.2, -0.15) is 0 Å². The lowest BCUT2D eigenvalue weighted by atomic mass is 9.53. The van der Waals surface area contributed by atoms with Crippen LogP contribution in [0.15, 0.2) is 18.2 Å². The summed E-state index contributed by atoms with van der Waals surface area (Å²) in [5.41, 5.74) is 1.55. The van der Waals surface area contributed by atoms with E-state index in [1.165, 1.54) is 70.6 Å². The van der Waals surface area contributed by atoms with Crippen LogP contribution < -0.4 is 9.47 Å². The van der Waals surface area contributed by atoms with Crippen molar-refractivity contribution in [2.24, 2.45) is 5.92 Å². The standard InChI is InChI=1S/C33H49NO5/c1-3-4-5-6-7-8-9-10-11-12-13-14-15-16-29(37)38-28-22-27(36)31-30-23(28)21-25-24-17-18-26(35)32(39-31)33(24,30)19-20-34(25)2/h17-18,22,24-26,32,35-36H,3-16,19-21H2,1-2H3/t24-,25+,26-,32-,33-/m0/s1. The van der Waals surface area contributed by atoms with E-state index < -0.39 is 12.2 Å². The minimum absolute atomic E-state index is 0.00427. The second-order valence-electron chi connectivity index (χ2n) is 12.5. The molecular formula is C33H49NO5. The van der Waals surface area contributed by atoms with Gasteiger partial charge in [0.05, 0.1) is 0 Å². The summed E-state index contributed by atoms with van der Waals surface area (Å²) in [7, 11) is 2.15. The highest BCUT2D eigenvalue weighted by atomic mass is 16.5. The Balaban J connectivity index is 1.11. The molecule has 4 aliphatic rings. The summed E-state index contributed by atoms with van der Waals surface area (Å²) in [5, 5.41) is 21.7. The molecule has 5 rings (SSSR count). The summed E-state index contributed by atoms with van der Waals surface area (Å²) in [6.07, 6.45) is 21.3. The van der Waals surface area contributed by atoms with Gasteiger partial charge in [-0.05, 0) is 32.9 Å². The number of aliphatic hydroxyl groups is 1. The third-order valence-electron chi connectivity index (χ3n) is 9.95. The number of aliphatic hydroxyl groups excluding tert-OH is 1. The third kappa shape index (κ3) is 5.61. The van der Waals surface area contributed by atoms with Crippen LogP contribution in [0.3, 0.4) is 0 Å². The highest BCUT2D eigenvalue weighted by Gasteiger charge is 2.64. The zero-order valence-corrected chi connectivity index (χ0v) is 24.1. The lowest BCUT2D eigenvalue weighted by Gasteiger charge is -2.56. The average Bonchev–Trinajstić information content (AvgIpc) is 3.27. The smallest absolute Gasteiger partial charge is 0.311 e. The van der Waals surface area contributed by atoms with Gasteiger partial charge in [0.25, 0.3) is 0 Å². The van der Waals surface area contributed by atoms with E-state index in [0.29, 0.717) is 17.9 Å². The number of hydrogen-bond acceptors (Lipinski definition) is 6. The maximum absolute atomic E-state index is 12.9. The van der Waals surface area contributed by atoms with Crippen LogP contribution in [0.1, 0.15) is 114 Å². The lowest BCUT2D eigenvalue weighted by molar-refractivity contribution is -0.134. The third-order valence-corrected chi connectivity index (χ3v) is 9.95. The first-order chi connectivity index (χ1) is 19.0. The van der Waals surface area contributed by atoms with Crippen molar-refractivity contribution in [1.29, 1.82) is 0 Å². The van der Waals surface area contributed by atoms with Crippen molar-refractivity contribution in [2.45, 2.75) is 133 Å².